The van der Waals surface area contributed by atoms with Crippen molar-refractivity contribution in [2.45, 2.75) is 50.9 Å². The SMILES string of the molecule is CN1C(=CC2=C(O)C(=C3CCCC4(C)C3=Nc3ccccc34)C2=O)C(C)(C)c2ccccc21. The van der Waals surface area contributed by atoms with Gasteiger partial charge in [-0.1, -0.05) is 50.2 Å². The smallest absolute Gasteiger partial charge is 0.200 e. The lowest BCUT2D eigenvalue weighted by Gasteiger charge is -2.36. The van der Waals surface area contributed by atoms with Crippen LogP contribution in [-0.4, -0.2) is 23.6 Å². The number of aliphatic hydroxyl groups excluding tert-OH is 1. The summed E-state index contributed by atoms with van der Waals surface area (Å²) < 4.78 is 0. The quantitative estimate of drug-likeness (QED) is 0.540. The topological polar surface area (TPSA) is 52.9 Å². The molecule has 0 spiro atoms. The molecule has 4 heteroatoms. The van der Waals surface area contributed by atoms with Crippen molar-refractivity contribution in [2.24, 2.45) is 4.99 Å². The van der Waals surface area contributed by atoms with E-state index in [1.54, 1.807) is 0 Å². The van der Waals surface area contributed by atoms with Crippen molar-refractivity contribution in [3.8, 4) is 0 Å². The van der Waals surface area contributed by atoms with E-state index in [2.05, 4.69) is 49.9 Å². The number of aliphatic imine (C=N–C) groups is 1. The van der Waals surface area contributed by atoms with Crippen LogP contribution >= 0.6 is 0 Å². The van der Waals surface area contributed by atoms with Gasteiger partial charge in [-0.15, -0.1) is 0 Å². The number of carbonyl (C=O) groups is 1. The number of anilines is 1. The average Bonchev–Trinajstić information content (AvgIpc) is 3.21. The van der Waals surface area contributed by atoms with E-state index in [0.29, 0.717) is 11.1 Å². The van der Waals surface area contributed by atoms with Gasteiger partial charge in [-0.3, -0.25) is 9.79 Å². The van der Waals surface area contributed by atoms with Crippen LogP contribution in [0, 0.1) is 0 Å². The Morgan fingerprint density at radius 3 is 2.45 bits per heavy atom. The van der Waals surface area contributed by atoms with Crippen molar-refractivity contribution in [3.63, 3.8) is 0 Å². The molecule has 0 bridgehead atoms. The number of para-hydroxylation sites is 2. The molecule has 166 valence electrons. The Balaban J connectivity index is 1.44. The molecule has 0 aromatic heterocycles. The Morgan fingerprint density at radius 1 is 1.03 bits per heavy atom. The highest BCUT2D eigenvalue weighted by Gasteiger charge is 2.47. The summed E-state index contributed by atoms with van der Waals surface area (Å²) in [6.45, 7) is 6.55. The van der Waals surface area contributed by atoms with E-state index in [0.717, 1.165) is 47.6 Å². The first-order valence-electron chi connectivity index (χ1n) is 11.7. The Morgan fingerprint density at radius 2 is 1.73 bits per heavy atom. The number of hydrogen-bond donors (Lipinski definition) is 1. The molecular formula is C29H28N2O2. The van der Waals surface area contributed by atoms with E-state index >= 15 is 0 Å². The minimum Gasteiger partial charge on any atom is -0.506 e. The summed E-state index contributed by atoms with van der Waals surface area (Å²) in [5.74, 6) is 0.0450. The molecule has 0 amide bonds. The van der Waals surface area contributed by atoms with Crippen LogP contribution in [0.3, 0.4) is 0 Å². The van der Waals surface area contributed by atoms with Crippen LogP contribution in [-0.2, 0) is 15.6 Å². The van der Waals surface area contributed by atoms with Crippen LogP contribution in [0.15, 0.2) is 87.8 Å². The first kappa shape index (κ1) is 20.2. The Hall–Kier alpha value is -3.40. The summed E-state index contributed by atoms with van der Waals surface area (Å²) in [4.78, 5) is 20.5. The average molecular weight is 437 g/mol. The van der Waals surface area contributed by atoms with Gasteiger partial charge in [0.1, 0.15) is 5.76 Å². The van der Waals surface area contributed by atoms with Gasteiger partial charge in [0.05, 0.1) is 22.5 Å². The molecule has 0 radical (unpaired) electrons. The Labute approximate surface area is 194 Å². The lowest BCUT2D eigenvalue weighted by Crippen LogP contribution is -2.37. The Bertz CT molecular complexity index is 1370. The van der Waals surface area contributed by atoms with Gasteiger partial charge in [-0.2, -0.15) is 0 Å². The van der Waals surface area contributed by atoms with Gasteiger partial charge < -0.3 is 10.0 Å². The number of nitrogens with zero attached hydrogens (tertiary/aromatic N) is 2. The zero-order chi connectivity index (χ0) is 23.1. The molecule has 6 rings (SSSR count). The van der Waals surface area contributed by atoms with Crippen LogP contribution in [0.2, 0.25) is 0 Å². The first-order chi connectivity index (χ1) is 15.7. The van der Waals surface area contributed by atoms with Crippen molar-refractivity contribution in [2.75, 3.05) is 11.9 Å². The van der Waals surface area contributed by atoms with Crippen molar-refractivity contribution in [1.29, 1.82) is 0 Å². The molecule has 4 aliphatic rings. The first-order valence-corrected chi connectivity index (χ1v) is 11.7. The molecule has 2 aromatic rings. The van der Waals surface area contributed by atoms with E-state index in [-0.39, 0.29) is 22.4 Å². The van der Waals surface area contributed by atoms with Crippen molar-refractivity contribution in [1.82, 2.24) is 0 Å². The fraction of sp³-hybridized carbons (Fsp3) is 0.310. The van der Waals surface area contributed by atoms with E-state index < -0.39 is 0 Å². The molecule has 1 fully saturated rings. The molecule has 2 heterocycles. The number of benzene rings is 2. The lowest BCUT2D eigenvalue weighted by molar-refractivity contribution is -0.113. The molecule has 1 N–H and O–H groups in total. The molecule has 4 nitrogen and oxygen atoms in total. The molecule has 33 heavy (non-hydrogen) atoms. The van der Waals surface area contributed by atoms with E-state index in [9.17, 15) is 9.90 Å². The molecule has 2 aliphatic heterocycles. The zero-order valence-corrected chi connectivity index (χ0v) is 19.6. The largest absolute Gasteiger partial charge is 0.506 e. The highest BCUT2D eigenvalue weighted by Crippen LogP contribution is 2.52. The van der Waals surface area contributed by atoms with Crippen molar-refractivity contribution < 1.29 is 9.90 Å². The minimum absolute atomic E-state index is 0.0712. The number of aliphatic hydroxyl groups is 1. The number of allylic oxidation sites excluding steroid dienone is 5. The normalized spacial score (nSPS) is 28.5. The number of hydrogen-bond acceptors (Lipinski definition) is 4. The van der Waals surface area contributed by atoms with E-state index in [1.807, 2.05) is 37.4 Å². The van der Waals surface area contributed by atoms with Crippen LogP contribution in [0.1, 0.15) is 51.2 Å². The van der Waals surface area contributed by atoms with Crippen molar-refractivity contribution in [3.05, 3.63) is 93.9 Å². The van der Waals surface area contributed by atoms with Gasteiger partial charge in [0, 0.05) is 29.3 Å². The summed E-state index contributed by atoms with van der Waals surface area (Å²) in [7, 11) is 2.02. The fourth-order valence-electron chi connectivity index (χ4n) is 6.27. The highest BCUT2D eigenvalue weighted by atomic mass is 16.3. The second kappa shape index (κ2) is 6.57. The standard InChI is InChI=1S/C29H28N2O2/c1-28(2)20-12-6-8-14-22(20)31(4)23(28)16-18-25(32)24(26(18)33)17-10-9-15-29(3)19-11-5-7-13-21(19)30-27(17)29/h5-8,11-14,16,32H,9-10,15H2,1-4H3. The number of ketones is 1. The van der Waals surface area contributed by atoms with Gasteiger partial charge in [-0.25, -0.2) is 0 Å². The maximum atomic E-state index is 13.4. The number of carbonyl (C=O) groups excluding carboxylic acids is 1. The van der Waals surface area contributed by atoms with E-state index in [1.165, 1.54) is 11.1 Å². The second-order valence-electron chi connectivity index (χ2n) is 10.3. The third kappa shape index (κ3) is 2.52. The van der Waals surface area contributed by atoms with Gasteiger partial charge in [0.2, 0.25) is 5.78 Å². The van der Waals surface area contributed by atoms with Crippen LogP contribution < -0.4 is 4.90 Å². The summed E-state index contributed by atoms with van der Waals surface area (Å²) in [6, 6.07) is 16.5. The van der Waals surface area contributed by atoms with Crippen LogP contribution in [0.5, 0.6) is 0 Å². The van der Waals surface area contributed by atoms with E-state index in [4.69, 9.17) is 4.99 Å². The van der Waals surface area contributed by atoms with Crippen molar-refractivity contribution >= 4 is 22.9 Å². The summed E-state index contributed by atoms with van der Waals surface area (Å²) >= 11 is 0. The van der Waals surface area contributed by atoms with Crippen LogP contribution in [0.25, 0.3) is 0 Å². The molecular weight excluding hydrogens is 408 g/mol. The summed E-state index contributed by atoms with van der Waals surface area (Å²) in [6.07, 6.45) is 4.64. The number of rotatable bonds is 1. The molecule has 0 saturated heterocycles. The predicted octanol–water partition coefficient (Wildman–Crippen LogP) is 6.22. The fourth-order valence-corrected chi connectivity index (χ4v) is 6.27. The van der Waals surface area contributed by atoms with Gasteiger partial charge >= 0.3 is 0 Å². The van der Waals surface area contributed by atoms with Gasteiger partial charge in [0.25, 0.3) is 0 Å². The monoisotopic (exact) mass is 436 g/mol. The zero-order valence-electron chi connectivity index (χ0n) is 19.6. The minimum atomic E-state index is -0.248. The maximum absolute atomic E-state index is 13.4. The third-order valence-corrected chi connectivity index (χ3v) is 8.13. The summed E-state index contributed by atoms with van der Waals surface area (Å²) in [5, 5.41) is 11.1. The molecule has 1 atom stereocenters. The molecule has 1 unspecified atom stereocenters. The van der Waals surface area contributed by atoms with Gasteiger partial charge in [0.15, 0.2) is 0 Å². The number of likely N-dealkylation sites (N-methyl/N-ethyl adjacent to an activating group) is 1. The van der Waals surface area contributed by atoms with Gasteiger partial charge in [-0.05, 0) is 61.1 Å². The number of Topliss-reactive ketones (excluding diaryl/α,β-unsaturated/α-hetero) is 1. The Kier molecular flexibility index (Phi) is 4.02. The molecule has 1 saturated carbocycles. The molecule has 2 aliphatic carbocycles. The highest BCUT2D eigenvalue weighted by molar-refractivity contribution is 6.27. The molecule has 2 aromatic carbocycles. The predicted molar refractivity (Wildman–Crippen MR) is 132 cm³/mol. The third-order valence-electron chi connectivity index (χ3n) is 8.13. The van der Waals surface area contributed by atoms with Crippen LogP contribution in [0.4, 0.5) is 11.4 Å². The lowest BCUT2D eigenvalue weighted by atomic mass is 9.66. The second-order valence-corrected chi connectivity index (χ2v) is 10.3. The number of fused-ring (bicyclic) bond motifs is 4. The summed E-state index contributed by atoms with van der Waals surface area (Å²) in [5.41, 5.74) is 7.91. The maximum Gasteiger partial charge on any atom is 0.200 e.